The summed E-state index contributed by atoms with van der Waals surface area (Å²) in [5, 5.41) is 0. The predicted molar refractivity (Wildman–Crippen MR) is 108 cm³/mol. The van der Waals surface area contributed by atoms with Gasteiger partial charge in [0.2, 0.25) is 0 Å². The molecule has 0 heterocycles. The van der Waals surface area contributed by atoms with Crippen LogP contribution in [0, 0.1) is 34.6 Å². The van der Waals surface area contributed by atoms with Crippen molar-refractivity contribution in [2.75, 3.05) is 4.72 Å². The summed E-state index contributed by atoms with van der Waals surface area (Å²) >= 11 is 0. The highest BCUT2D eigenvalue weighted by Crippen LogP contribution is 2.30. The number of carbonyl (C=O) groups is 1. The smallest absolute Gasteiger partial charge is 0.338 e. The maximum absolute atomic E-state index is 13.0. The summed E-state index contributed by atoms with van der Waals surface area (Å²) in [7, 11) is -3.75. The van der Waals surface area contributed by atoms with E-state index in [1.54, 1.807) is 38.1 Å². The van der Waals surface area contributed by atoms with Crippen LogP contribution in [0.5, 0.6) is 0 Å². The summed E-state index contributed by atoms with van der Waals surface area (Å²) in [6, 6.07) is 6.22. The van der Waals surface area contributed by atoms with Crippen molar-refractivity contribution in [1.82, 2.24) is 0 Å². The summed E-state index contributed by atoms with van der Waals surface area (Å²) in [4.78, 5) is 12.2. The predicted octanol–water partition coefficient (Wildman–Crippen LogP) is 4.59. The first kappa shape index (κ1) is 21.0. The number of rotatable bonds is 5. The third-order valence-electron chi connectivity index (χ3n) is 4.92. The van der Waals surface area contributed by atoms with Gasteiger partial charge in [-0.2, -0.15) is 0 Å². The van der Waals surface area contributed by atoms with Gasteiger partial charge in [0, 0.05) is 5.69 Å². The zero-order chi connectivity index (χ0) is 20.5. The molecule has 5 nitrogen and oxygen atoms in total. The van der Waals surface area contributed by atoms with Crippen LogP contribution in [0.25, 0.3) is 0 Å². The van der Waals surface area contributed by atoms with E-state index in [1.807, 2.05) is 34.6 Å². The van der Waals surface area contributed by atoms with E-state index >= 15 is 0 Å². The van der Waals surface area contributed by atoms with Crippen LogP contribution in [0.15, 0.2) is 29.2 Å². The van der Waals surface area contributed by atoms with E-state index in [9.17, 15) is 13.2 Å². The molecule has 0 amide bonds. The van der Waals surface area contributed by atoms with Gasteiger partial charge in [-0.1, -0.05) is 0 Å². The van der Waals surface area contributed by atoms with E-state index in [4.69, 9.17) is 4.74 Å². The molecule has 0 radical (unpaired) electrons. The molecule has 1 N–H and O–H groups in total. The minimum atomic E-state index is -3.75. The summed E-state index contributed by atoms with van der Waals surface area (Å²) < 4.78 is 33.8. The van der Waals surface area contributed by atoms with Gasteiger partial charge in [0.15, 0.2) is 0 Å². The van der Waals surface area contributed by atoms with E-state index in [0.717, 1.165) is 27.8 Å². The van der Waals surface area contributed by atoms with E-state index in [1.165, 1.54) is 0 Å². The minimum Gasteiger partial charge on any atom is -0.459 e. The molecule has 0 aliphatic carbocycles. The topological polar surface area (TPSA) is 72.5 Å². The van der Waals surface area contributed by atoms with E-state index in [0.29, 0.717) is 16.1 Å². The van der Waals surface area contributed by atoms with Crippen molar-refractivity contribution in [3.8, 4) is 0 Å². The largest absolute Gasteiger partial charge is 0.459 e. The third-order valence-corrected chi connectivity index (χ3v) is 6.57. The fourth-order valence-electron chi connectivity index (χ4n) is 3.03. The molecule has 2 rings (SSSR count). The number of sulfonamides is 1. The normalized spacial score (nSPS) is 11.6. The number of ether oxygens (including phenoxy) is 1. The van der Waals surface area contributed by atoms with Crippen LogP contribution in [-0.4, -0.2) is 20.5 Å². The van der Waals surface area contributed by atoms with Crippen molar-refractivity contribution >= 4 is 21.7 Å². The molecule has 0 bridgehead atoms. The highest BCUT2D eigenvalue weighted by atomic mass is 32.2. The summed E-state index contributed by atoms with van der Waals surface area (Å²) in [5.41, 5.74) is 5.33. The Bertz CT molecular complexity index is 945. The molecule has 0 atom stereocenters. The number of hydrogen-bond acceptors (Lipinski definition) is 4. The summed E-state index contributed by atoms with van der Waals surface area (Å²) in [6.07, 6.45) is -0.213. The lowest BCUT2D eigenvalue weighted by Gasteiger charge is -2.19. The molecule has 27 heavy (non-hydrogen) atoms. The fourth-order valence-corrected chi connectivity index (χ4v) is 4.69. The Morgan fingerprint density at radius 2 is 1.30 bits per heavy atom. The monoisotopic (exact) mass is 389 g/mol. The molecule has 0 saturated heterocycles. The lowest BCUT2D eigenvalue weighted by molar-refractivity contribution is 0.0378. The number of hydrogen-bond donors (Lipinski definition) is 1. The standard InChI is InChI=1S/C21H27NO4S/c1-12(2)26-21(23)18-8-10-19(11-9-18)22-27(24,25)20-16(6)14(4)13(3)15(5)17(20)7/h8-12,22H,1-7H3. The Morgan fingerprint density at radius 1 is 0.852 bits per heavy atom. The molecule has 146 valence electrons. The van der Waals surface area contributed by atoms with Crippen LogP contribution in [0.1, 0.15) is 52.0 Å². The van der Waals surface area contributed by atoms with Gasteiger partial charge in [0.25, 0.3) is 10.0 Å². The zero-order valence-corrected chi connectivity index (χ0v) is 17.7. The molecule has 0 fully saturated rings. The Morgan fingerprint density at radius 3 is 1.74 bits per heavy atom. The van der Waals surface area contributed by atoms with Gasteiger partial charge in [-0.15, -0.1) is 0 Å². The first-order valence-electron chi connectivity index (χ1n) is 8.86. The molecule has 0 aliphatic rings. The SMILES string of the molecule is Cc1c(C)c(C)c(S(=O)(=O)Nc2ccc(C(=O)OC(C)C)cc2)c(C)c1C. The van der Waals surface area contributed by atoms with Crippen LogP contribution in [-0.2, 0) is 14.8 Å². The molecule has 0 spiro atoms. The molecule has 2 aromatic carbocycles. The maximum atomic E-state index is 13.0. The van der Waals surface area contributed by atoms with Gasteiger partial charge in [-0.3, -0.25) is 4.72 Å². The van der Waals surface area contributed by atoms with Crippen molar-refractivity contribution < 1.29 is 17.9 Å². The second-order valence-corrected chi connectivity index (χ2v) is 8.71. The molecule has 2 aromatic rings. The Labute approximate surface area is 161 Å². The number of anilines is 1. The molecule has 0 aromatic heterocycles. The fraction of sp³-hybridized carbons (Fsp3) is 0.381. The van der Waals surface area contributed by atoms with E-state index in [-0.39, 0.29) is 6.10 Å². The van der Waals surface area contributed by atoms with E-state index < -0.39 is 16.0 Å². The van der Waals surface area contributed by atoms with Crippen LogP contribution in [0.4, 0.5) is 5.69 Å². The maximum Gasteiger partial charge on any atom is 0.338 e. The molecule has 0 unspecified atom stereocenters. The van der Waals surface area contributed by atoms with Crippen molar-refractivity contribution in [3.05, 3.63) is 57.6 Å². The second-order valence-electron chi connectivity index (χ2n) is 7.09. The summed E-state index contributed by atoms with van der Waals surface area (Å²) in [5.74, 6) is -0.434. The highest BCUT2D eigenvalue weighted by molar-refractivity contribution is 7.92. The Hall–Kier alpha value is -2.34. The molecule has 0 saturated carbocycles. The van der Waals surface area contributed by atoms with Crippen LogP contribution >= 0.6 is 0 Å². The average molecular weight is 390 g/mol. The third kappa shape index (κ3) is 4.33. The first-order valence-corrected chi connectivity index (χ1v) is 10.3. The second kappa shape index (κ2) is 7.72. The van der Waals surface area contributed by atoms with E-state index in [2.05, 4.69) is 4.72 Å². The highest BCUT2D eigenvalue weighted by Gasteiger charge is 2.24. The average Bonchev–Trinajstić information content (AvgIpc) is 2.57. The van der Waals surface area contributed by atoms with Gasteiger partial charge in [-0.25, -0.2) is 13.2 Å². The lowest BCUT2D eigenvalue weighted by Crippen LogP contribution is -2.18. The van der Waals surface area contributed by atoms with Crippen molar-refractivity contribution in [2.45, 2.75) is 59.5 Å². The number of esters is 1. The quantitative estimate of drug-likeness (QED) is 0.759. The Balaban J connectivity index is 2.37. The molecular weight excluding hydrogens is 362 g/mol. The minimum absolute atomic E-state index is 0.213. The van der Waals surface area contributed by atoms with Gasteiger partial charge in [0.05, 0.1) is 16.6 Å². The number of carbonyl (C=O) groups excluding carboxylic acids is 1. The van der Waals surface area contributed by atoms with Crippen molar-refractivity contribution in [1.29, 1.82) is 0 Å². The van der Waals surface area contributed by atoms with Gasteiger partial charge in [-0.05, 0) is 101 Å². The lowest BCUT2D eigenvalue weighted by atomic mass is 9.95. The van der Waals surface area contributed by atoms with Crippen LogP contribution in [0.2, 0.25) is 0 Å². The molecule has 0 aliphatic heterocycles. The number of nitrogens with one attached hydrogen (secondary N) is 1. The van der Waals surface area contributed by atoms with Crippen LogP contribution < -0.4 is 4.72 Å². The number of benzene rings is 2. The van der Waals surface area contributed by atoms with Crippen molar-refractivity contribution in [3.63, 3.8) is 0 Å². The zero-order valence-electron chi connectivity index (χ0n) is 16.9. The molecular formula is C21H27NO4S. The van der Waals surface area contributed by atoms with Crippen molar-refractivity contribution in [2.24, 2.45) is 0 Å². The Kier molecular flexibility index (Phi) is 6.00. The van der Waals surface area contributed by atoms with Crippen LogP contribution in [0.3, 0.4) is 0 Å². The molecule has 6 heteroatoms. The van der Waals surface area contributed by atoms with Gasteiger partial charge < -0.3 is 4.74 Å². The first-order chi connectivity index (χ1) is 12.5. The van der Waals surface area contributed by atoms with Gasteiger partial charge >= 0.3 is 5.97 Å². The van der Waals surface area contributed by atoms with Gasteiger partial charge in [0.1, 0.15) is 0 Å². The summed E-state index contributed by atoms with van der Waals surface area (Å²) in [6.45, 7) is 13.1.